The molecule has 5 heteroatoms. The Bertz CT molecular complexity index is 957. The van der Waals surface area contributed by atoms with E-state index in [9.17, 15) is 9.59 Å². The summed E-state index contributed by atoms with van der Waals surface area (Å²) < 4.78 is 7.09. The fourth-order valence-corrected chi connectivity index (χ4v) is 3.12. The minimum absolute atomic E-state index is 0.153. The fraction of sp³-hybridized carbons (Fsp3) is 0.273. The minimum atomic E-state index is -0.498. The van der Waals surface area contributed by atoms with Crippen molar-refractivity contribution in [3.05, 3.63) is 71.4 Å². The lowest BCUT2D eigenvalue weighted by atomic mass is 10.1. The second-order valence-corrected chi connectivity index (χ2v) is 6.63. The summed E-state index contributed by atoms with van der Waals surface area (Å²) in [5, 5.41) is 3.68. The van der Waals surface area contributed by atoms with Crippen molar-refractivity contribution in [2.75, 3.05) is 6.61 Å². The van der Waals surface area contributed by atoms with E-state index >= 15 is 0 Å². The molecule has 3 rings (SSSR count). The maximum Gasteiger partial charge on any atom is 0.340 e. The number of nitrogens with zero attached hydrogens (tertiary/aromatic N) is 1. The van der Waals surface area contributed by atoms with E-state index in [1.165, 1.54) is 5.56 Å². The molecule has 1 heterocycles. The fourth-order valence-electron chi connectivity index (χ4n) is 3.12. The van der Waals surface area contributed by atoms with Crippen molar-refractivity contribution < 1.29 is 14.3 Å². The number of rotatable bonds is 6. The van der Waals surface area contributed by atoms with Gasteiger partial charge in [0.1, 0.15) is 0 Å². The van der Waals surface area contributed by atoms with Gasteiger partial charge in [-0.1, -0.05) is 49.4 Å². The molecule has 27 heavy (non-hydrogen) atoms. The van der Waals surface area contributed by atoms with E-state index in [-0.39, 0.29) is 18.6 Å². The maximum absolute atomic E-state index is 12.4. The lowest BCUT2D eigenvalue weighted by Gasteiger charge is -2.15. The molecular formula is C22H24N2O3. The van der Waals surface area contributed by atoms with Crippen molar-refractivity contribution in [2.45, 2.75) is 26.3 Å². The Morgan fingerprint density at radius 2 is 1.81 bits per heavy atom. The number of aryl methyl sites for hydroxylation is 2. The molecule has 140 valence electrons. The predicted octanol–water partition coefficient (Wildman–Crippen LogP) is 3.77. The Labute approximate surface area is 158 Å². The number of esters is 1. The third kappa shape index (κ3) is 4.19. The molecule has 0 unspecified atom stereocenters. The first-order valence-corrected chi connectivity index (χ1v) is 9.09. The summed E-state index contributed by atoms with van der Waals surface area (Å²) in [6.07, 6.45) is 2.70. The Hall–Kier alpha value is -3.08. The number of hydrogen-bond donors (Lipinski definition) is 1. The number of benzene rings is 2. The number of hydrogen-bond acceptors (Lipinski definition) is 3. The molecule has 0 bridgehead atoms. The molecule has 0 radical (unpaired) electrons. The quantitative estimate of drug-likeness (QED) is 0.677. The summed E-state index contributed by atoms with van der Waals surface area (Å²) in [5.74, 6) is -0.822. The van der Waals surface area contributed by atoms with Crippen molar-refractivity contribution in [1.82, 2.24) is 9.88 Å². The Morgan fingerprint density at radius 3 is 2.52 bits per heavy atom. The average molecular weight is 364 g/mol. The van der Waals surface area contributed by atoms with E-state index in [1.54, 1.807) is 6.20 Å². The predicted molar refractivity (Wildman–Crippen MR) is 106 cm³/mol. The van der Waals surface area contributed by atoms with Crippen molar-refractivity contribution in [3.63, 3.8) is 0 Å². The topological polar surface area (TPSA) is 60.3 Å². The maximum atomic E-state index is 12.4. The summed E-state index contributed by atoms with van der Waals surface area (Å²) in [6.45, 7) is 3.70. The summed E-state index contributed by atoms with van der Waals surface area (Å²) in [5.41, 5.74) is 3.67. The second kappa shape index (κ2) is 8.08. The molecule has 0 aliphatic heterocycles. The van der Waals surface area contributed by atoms with Crippen LogP contribution < -0.4 is 5.32 Å². The van der Waals surface area contributed by atoms with Crippen LogP contribution in [0.3, 0.4) is 0 Å². The number of carbonyl (C=O) groups excluding carboxylic acids is 2. The molecule has 0 saturated carbocycles. The van der Waals surface area contributed by atoms with Crippen LogP contribution in [0.1, 0.15) is 41.4 Å². The van der Waals surface area contributed by atoms with Gasteiger partial charge in [-0.05, 0) is 30.5 Å². The molecule has 0 aliphatic rings. The van der Waals surface area contributed by atoms with Gasteiger partial charge in [-0.2, -0.15) is 0 Å². The van der Waals surface area contributed by atoms with E-state index in [0.717, 1.165) is 22.9 Å². The molecule has 2 aromatic carbocycles. The van der Waals surface area contributed by atoms with Gasteiger partial charge in [0.2, 0.25) is 0 Å². The molecule has 0 fully saturated rings. The van der Waals surface area contributed by atoms with E-state index in [0.29, 0.717) is 5.56 Å². The molecule has 0 saturated heterocycles. The van der Waals surface area contributed by atoms with Crippen LogP contribution in [-0.2, 0) is 23.0 Å². The normalized spacial score (nSPS) is 12.0. The highest BCUT2D eigenvalue weighted by Crippen LogP contribution is 2.21. The van der Waals surface area contributed by atoms with Gasteiger partial charge in [0.05, 0.1) is 11.6 Å². The number of nitrogens with one attached hydrogen (secondary N) is 1. The van der Waals surface area contributed by atoms with Crippen molar-refractivity contribution in [3.8, 4) is 0 Å². The van der Waals surface area contributed by atoms with Crippen LogP contribution in [0.4, 0.5) is 0 Å². The number of ether oxygens (including phenoxy) is 1. The molecule has 1 amide bonds. The lowest BCUT2D eigenvalue weighted by molar-refractivity contribution is -0.124. The van der Waals surface area contributed by atoms with Crippen molar-refractivity contribution >= 4 is 22.8 Å². The van der Waals surface area contributed by atoms with Gasteiger partial charge < -0.3 is 14.6 Å². The molecule has 1 aromatic heterocycles. The standard InChI is InChI=1S/C22H24N2O3/c1-4-16-9-11-17(12-10-16)15(2)23-21(25)14-27-22(26)19-13-24(3)20-8-6-5-7-18(19)20/h5-13,15H,4,14H2,1-3H3,(H,23,25)/t15-/m0/s1. The van der Waals surface area contributed by atoms with Gasteiger partial charge in [-0.3, -0.25) is 4.79 Å². The molecule has 1 N–H and O–H groups in total. The molecule has 1 atom stereocenters. The van der Waals surface area contributed by atoms with E-state index in [4.69, 9.17) is 4.74 Å². The van der Waals surface area contributed by atoms with Gasteiger partial charge in [-0.15, -0.1) is 0 Å². The van der Waals surface area contributed by atoms with Crippen LogP contribution in [0.5, 0.6) is 0 Å². The second-order valence-electron chi connectivity index (χ2n) is 6.63. The third-order valence-electron chi connectivity index (χ3n) is 4.72. The summed E-state index contributed by atoms with van der Waals surface area (Å²) in [7, 11) is 1.87. The summed E-state index contributed by atoms with van der Waals surface area (Å²) in [4.78, 5) is 24.5. The first kappa shape index (κ1) is 18.7. The van der Waals surface area contributed by atoms with E-state index in [1.807, 2.05) is 54.9 Å². The van der Waals surface area contributed by atoms with Gasteiger partial charge >= 0.3 is 5.97 Å². The van der Waals surface area contributed by atoms with Crippen LogP contribution in [0.25, 0.3) is 10.9 Å². The highest BCUT2D eigenvalue weighted by molar-refractivity contribution is 6.04. The Balaban J connectivity index is 1.58. The van der Waals surface area contributed by atoms with E-state index in [2.05, 4.69) is 24.4 Å². The van der Waals surface area contributed by atoms with Crippen molar-refractivity contribution in [2.24, 2.45) is 7.05 Å². The van der Waals surface area contributed by atoms with Crippen LogP contribution in [-0.4, -0.2) is 23.1 Å². The molecule has 3 aromatic rings. The highest BCUT2D eigenvalue weighted by Gasteiger charge is 2.17. The minimum Gasteiger partial charge on any atom is -0.452 e. The Kier molecular flexibility index (Phi) is 5.60. The Morgan fingerprint density at radius 1 is 1.11 bits per heavy atom. The van der Waals surface area contributed by atoms with E-state index < -0.39 is 5.97 Å². The lowest BCUT2D eigenvalue weighted by Crippen LogP contribution is -2.31. The van der Waals surface area contributed by atoms with Crippen LogP contribution in [0.2, 0.25) is 0 Å². The zero-order valence-corrected chi connectivity index (χ0v) is 15.9. The highest BCUT2D eigenvalue weighted by atomic mass is 16.5. The smallest absolute Gasteiger partial charge is 0.340 e. The molecular weight excluding hydrogens is 340 g/mol. The number of para-hydroxylation sites is 1. The zero-order chi connectivity index (χ0) is 19.4. The number of aromatic nitrogens is 1. The van der Waals surface area contributed by atoms with Crippen LogP contribution in [0.15, 0.2) is 54.7 Å². The van der Waals surface area contributed by atoms with Crippen LogP contribution in [0, 0.1) is 0 Å². The molecule has 0 spiro atoms. The number of amides is 1. The van der Waals surface area contributed by atoms with Crippen LogP contribution >= 0.6 is 0 Å². The average Bonchev–Trinajstić information content (AvgIpc) is 3.03. The zero-order valence-electron chi connectivity index (χ0n) is 15.9. The summed E-state index contributed by atoms with van der Waals surface area (Å²) >= 11 is 0. The molecule has 5 nitrogen and oxygen atoms in total. The number of fused-ring (bicyclic) bond motifs is 1. The van der Waals surface area contributed by atoms with Gasteiger partial charge in [0, 0.05) is 24.1 Å². The summed E-state index contributed by atoms with van der Waals surface area (Å²) in [6, 6.07) is 15.6. The van der Waals surface area contributed by atoms with Gasteiger partial charge in [0.25, 0.3) is 5.91 Å². The number of carbonyl (C=O) groups is 2. The van der Waals surface area contributed by atoms with Gasteiger partial charge in [-0.25, -0.2) is 4.79 Å². The largest absolute Gasteiger partial charge is 0.452 e. The third-order valence-corrected chi connectivity index (χ3v) is 4.72. The van der Waals surface area contributed by atoms with Gasteiger partial charge in [0.15, 0.2) is 6.61 Å². The first-order chi connectivity index (χ1) is 13.0. The first-order valence-electron chi connectivity index (χ1n) is 9.09. The molecule has 0 aliphatic carbocycles. The van der Waals surface area contributed by atoms with Crippen molar-refractivity contribution in [1.29, 1.82) is 0 Å². The SMILES string of the molecule is CCc1ccc([C@H](C)NC(=O)COC(=O)c2cn(C)c3ccccc23)cc1. The monoisotopic (exact) mass is 364 g/mol.